The Hall–Kier alpha value is -4.22. The van der Waals surface area contributed by atoms with Crippen LogP contribution in [0.25, 0.3) is 0 Å². The van der Waals surface area contributed by atoms with Crippen LogP contribution in [0.5, 0.6) is 0 Å². The molecule has 0 saturated heterocycles. The SMILES string of the molecule is COCCNC(=O)[C@@H]1Cc2ccccc2N1C(=O)[C@H]1Cc2ccccc2N1S(=O)(=O)c1ccc(NC(C)=O)cc1. The van der Waals surface area contributed by atoms with E-state index in [2.05, 4.69) is 10.6 Å². The number of rotatable bonds is 8. The first kappa shape index (κ1) is 27.4. The predicted molar refractivity (Wildman–Crippen MR) is 151 cm³/mol. The molecule has 0 fully saturated rings. The van der Waals surface area contributed by atoms with Crippen LogP contribution in [-0.4, -0.2) is 58.5 Å². The van der Waals surface area contributed by atoms with Crippen molar-refractivity contribution in [3.8, 4) is 0 Å². The Labute approximate surface area is 233 Å². The van der Waals surface area contributed by atoms with Gasteiger partial charge in [-0.15, -0.1) is 0 Å². The van der Waals surface area contributed by atoms with E-state index in [1.54, 1.807) is 36.4 Å². The normalized spacial score (nSPS) is 17.8. The van der Waals surface area contributed by atoms with Gasteiger partial charge >= 0.3 is 0 Å². The minimum atomic E-state index is -4.20. The van der Waals surface area contributed by atoms with Crippen LogP contribution in [0.1, 0.15) is 18.1 Å². The molecule has 3 amide bonds. The molecular formula is C29H30N4O6S. The fourth-order valence-corrected chi connectivity index (χ4v) is 6.94. The van der Waals surface area contributed by atoms with Crippen molar-refractivity contribution in [2.24, 2.45) is 0 Å². The molecule has 2 aliphatic heterocycles. The van der Waals surface area contributed by atoms with Crippen molar-refractivity contribution >= 4 is 44.8 Å². The summed E-state index contributed by atoms with van der Waals surface area (Å²) in [6.07, 6.45) is 0.479. The Morgan fingerprint density at radius 3 is 2.12 bits per heavy atom. The third-order valence-electron chi connectivity index (χ3n) is 7.06. The van der Waals surface area contributed by atoms with Crippen LogP contribution in [0.4, 0.5) is 17.1 Å². The van der Waals surface area contributed by atoms with E-state index in [4.69, 9.17) is 4.74 Å². The summed E-state index contributed by atoms with van der Waals surface area (Å²) >= 11 is 0. The van der Waals surface area contributed by atoms with E-state index >= 15 is 0 Å². The Bertz CT molecular complexity index is 1560. The molecule has 2 heterocycles. The molecule has 0 aromatic heterocycles. The number of hydrogen-bond donors (Lipinski definition) is 2. The molecule has 5 rings (SSSR count). The Kier molecular flexibility index (Phi) is 7.59. The summed E-state index contributed by atoms with van der Waals surface area (Å²) in [4.78, 5) is 40.4. The van der Waals surface area contributed by atoms with Gasteiger partial charge in [-0.25, -0.2) is 8.42 Å². The molecule has 11 heteroatoms. The van der Waals surface area contributed by atoms with Gasteiger partial charge < -0.3 is 15.4 Å². The highest BCUT2D eigenvalue weighted by atomic mass is 32.2. The zero-order chi connectivity index (χ0) is 28.4. The summed E-state index contributed by atoms with van der Waals surface area (Å²) < 4.78 is 34.3. The molecule has 40 heavy (non-hydrogen) atoms. The van der Waals surface area contributed by atoms with Gasteiger partial charge in [-0.3, -0.25) is 23.6 Å². The lowest BCUT2D eigenvalue weighted by Crippen LogP contribution is -2.55. The summed E-state index contributed by atoms with van der Waals surface area (Å²) in [6.45, 7) is 1.97. The summed E-state index contributed by atoms with van der Waals surface area (Å²) in [5, 5.41) is 5.44. The van der Waals surface area contributed by atoms with Crippen LogP contribution in [0.15, 0.2) is 77.7 Å². The molecule has 208 valence electrons. The van der Waals surface area contributed by atoms with Gasteiger partial charge in [-0.1, -0.05) is 36.4 Å². The summed E-state index contributed by atoms with van der Waals surface area (Å²) in [7, 11) is -2.66. The standard InChI is InChI=1S/C29H30N4O6S/c1-19(34)31-22-11-13-23(14-12-22)40(37,38)33-25-10-6-4-8-21(25)18-27(33)29(36)32-24-9-5-3-7-20(24)17-26(32)28(35)30-15-16-39-2/h3-14,26-27H,15-18H2,1-2H3,(H,30,35)(H,31,34)/t26-,27+/m0/s1. The van der Waals surface area contributed by atoms with Crippen molar-refractivity contribution in [2.45, 2.75) is 36.7 Å². The van der Waals surface area contributed by atoms with E-state index < -0.39 is 28.0 Å². The first-order valence-corrected chi connectivity index (χ1v) is 14.3. The third-order valence-corrected chi connectivity index (χ3v) is 8.90. The Morgan fingerprint density at radius 1 is 0.875 bits per heavy atom. The molecule has 0 radical (unpaired) electrons. The molecule has 0 unspecified atom stereocenters. The molecular weight excluding hydrogens is 532 g/mol. The van der Waals surface area contributed by atoms with Crippen molar-refractivity contribution < 1.29 is 27.5 Å². The molecule has 3 aromatic carbocycles. The minimum absolute atomic E-state index is 0.0215. The van der Waals surface area contributed by atoms with E-state index in [0.717, 1.165) is 5.56 Å². The maximum absolute atomic E-state index is 14.4. The largest absolute Gasteiger partial charge is 0.383 e. The second kappa shape index (κ2) is 11.1. The van der Waals surface area contributed by atoms with Gasteiger partial charge in [0.2, 0.25) is 11.8 Å². The van der Waals surface area contributed by atoms with Gasteiger partial charge in [0, 0.05) is 44.8 Å². The summed E-state index contributed by atoms with van der Waals surface area (Å²) in [6, 6.07) is 18.2. The fourth-order valence-electron chi connectivity index (χ4n) is 5.29. The van der Waals surface area contributed by atoms with Crippen LogP contribution in [0.2, 0.25) is 0 Å². The highest BCUT2D eigenvalue weighted by Crippen LogP contribution is 2.40. The van der Waals surface area contributed by atoms with Gasteiger partial charge in [-0.2, -0.15) is 0 Å². The van der Waals surface area contributed by atoms with Crippen LogP contribution >= 0.6 is 0 Å². The number of carbonyl (C=O) groups excluding carboxylic acids is 3. The van der Waals surface area contributed by atoms with Gasteiger partial charge in [0.15, 0.2) is 0 Å². The molecule has 2 aliphatic rings. The highest BCUT2D eigenvalue weighted by molar-refractivity contribution is 7.93. The Morgan fingerprint density at radius 2 is 1.48 bits per heavy atom. The number of hydrogen-bond acceptors (Lipinski definition) is 6. The van der Waals surface area contributed by atoms with Crippen LogP contribution in [0.3, 0.4) is 0 Å². The molecule has 0 saturated carbocycles. The molecule has 0 bridgehead atoms. The quantitative estimate of drug-likeness (QED) is 0.407. The number of anilines is 3. The lowest BCUT2D eigenvalue weighted by molar-refractivity contribution is -0.126. The number of amides is 3. The minimum Gasteiger partial charge on any atom is -0.383 e. The number of methoxy groups -OCH3 is 1. The van der Waals surface area contributed by atoms with Crippen molar-refractivity contribution in [2.75, 3.05) is 34.8 Å². The number of ether oxygens (including phenoxy) is 1. The second-order valence-electron chi connectivity index (χ2n) is 9.70. The smallest absolute Gasteiger partial charge is 0.265 e. The third kappa shape index (κ3) is 5.05. The number of carbonyl (C=O) groups is 3. The number of sulfonamides is 1. The zero-order valence-corrected chi connectivity index (χ0v) is 23.0. The molecule has 0 aliphatic carbocycles. The molecule has 3 aromatic rings. The number of benzene rings is 3. The van der Waals surface area contributed by atoms with Crippen LogP contribution in [-0.2, 0) is 42.0 Å². The molecule has 10 nitrogen and oxygen atoms in total. The van der Waals surface area contributed by atoms with Crippen molar-refractivity contribution in [1.82, 2.24) is 5.32 Å². The maximum Gasteiger partial charge on any atom is 0.265 e. The van der Waals surface area contributed by atoms with E-state index in [1.165, 1.54) is 47.5 Å². The Balaban J connectivity index is 1.53. The predicted octanol–water partition coefficient (Wildman–Crippen LogP) is 2.49. The van der Waals surface area contributed by atoms with Crippen molar-refractivity contribution in [1.29, 1.82) is 0 Å². The van der Waals surface area contributed by atoms with E-state index in [-0.39, 0.29) is 29.7 Å². The van der Waals surface area contributed by atoms with E-state index in [1.807, 2.05) is 12.1 Å². The monoisotopic (exact) mass is 562 g/mol. The van der Waals surface area contributed by atoms with Crippen LogP contribution < -0.4 is 19.8 Å². The second-order valence-corrected chi connectivity index (χ2v) is 11.5. The first-order valence-electron chi connectivity index (χ1n) is 12.9. The van der Waals surface area contributed by atoms with Gasteiger partial charge in [0.05, 0.1) is 17.2 Å². The zero-order valence-electron chi connectivity index (χ0n) is 22.2. The lowest BCUT2D eigenvalue weighted by Gasteiger charge is -2.32. The van der Waals surface area contributed by atoms with Crippen LogP contribution in [0, 0.1) is 0 Å². The van der Waals surface area contributed by atoms with Crippen molar-refractivity contribution in [3.63, 3.8) is 0 Å². The summed E-state index contributed by atoms with van der Waals surface area (Å²) in [5.74, 6) is -1.09. The number of fused-ring (bicyclic) bond motifs is 2. The summed E-state index contributed by atoms with van der Waals surface area (Å²) in [5.41, 5.74) is 3.01. The average Bonchev–Trinajstić information content (AvgIpc) is 3.52. The van der Waals surface area contributed by atoms with Gasteiger partial charge in [0.1, 0.15) is 12.1 Å². The maximum atomic E-state index is 14.4. The number of nitrogens with zero attached hydrogens (tertiary/aromatic N) is 2. The number of nitrogens with one attached hydrogen (secondary N) is 2. The van der Waals surface area contributed by atoms with Gasteiger partial charge in [-0.05, 0) is 47.5 Å². The molecule has 2 N–H and O–H groups in total. The van der Waals surface area contributed by atoms with Gasteiger partial charge in [0.25, 0.3) is 15.9 Å². The van der Waals surface area contributed by atoms with Crippen molar-refractivity contribution in [3.05, 3.63) is 83.9 Å². The van der Waals surface area contributed by atoms with E-state index in [0.29, 0.717) is 35.7 Å². The first-order chi connectivity index (χ1) is 19.2. The number of para-hydroxylation sites is 2. The molecule has 2 atom stereocenters. The average molecular weight is 563 g/mol. The molecule has 0 spiro atoms. The fraction of sp³-hybridized carbons (Fsp3) is 0.276. The lowest BCUT2D eigenvalue weighted by atomic mass is 10.1. The highest BCUT2D eigenvalue weighted by Gasteiger charge is 2.48. The topological polar surface area (TPSA) is 125 Å². The van der Waals surface area contributed by atoms with E-state index in [9.17, 15) is 22.8 Å².